The maximum Gasteiger partial charge on any atom is 0.187 e. The largest absolute Gasteiger partial charge is 0.374 e. The molecule has 2 aliphatic heterocycles. The van der Waals surface area contributed by atoms with E-state index >= 15 is 0 Å². The van der Waals surface area contributed by atoms with Crippen LogP contribution in [0.5, 0.6) is 0 Å². The molecule has 316 valence electrons. The number of ether oxygens (including phenoxy) is 9. The smallest absolute Gasteiger partial charge is 0.187 e. The molecule has 8 rings (SSSR count). The summed E-state index contributed by atoms with van der Waals surface area (Å²) in [6.45, 7) is 2.48. The van der Waals surface area contributed by atoms with Crippen LogP contribution in [-0.2, 0) is 82.3 Å². The summed E-state index contributed by atoms with van der Waals surface area (Å²) < 4.78 is 60.6. The summed E-state index contributed by atoms with van der Waals surface area (Å²) in [6, 6.07) is 60.4. The van der Waals surface area contributed by atoms with E-state index < -0.39 is 49.2 Å². The zero-order chi connectivity index (χ0) is 41.3. The number of rotatable bonds is 21. The van der Waals surface area contributed by atoms with E-state index in [9.17, 15) is 0 Å². The SMILES string of the molecule is c1ccc(COC[C@@H]2O[C@@H](O[C@@H]3[C@@H](OCc4ccccc4)[C@H](OCc4ccccc4)OC[C@H]3OCc3ccccc3)[C@H](OCc3ccccc3)[C@H]2OCc2ccccc2)cc1. The molecule has 6 aromatic rings. The van der Waals surface area contributed by atoms with E-state index in [1.807, 2.05) is 182 Å². The molecule has 0 spiro atoms. The molecule has 0 aromatic heterocycles. The van der Waals surface area contributed by atoms with Gasteiger partial charge in [0.2, 0.25) is 0 Å². The van der Waals surface area contributed by atoms with E-state index in [2.05, 4.69) is 0 Å². The zero-order valence-electron chi connectivity index (χ0n) is 34.3. The van der Waals surface area contributed by atoms with Crippen LogP contribution >= 0.6 is 0 Å². The monoisotopic (exact) mass is 822 g/mol. The predicted octanol–water partition coefficient (Wildman–Crippen LogP) is 9.23. The van der Waals surface area contributed by atoms with Gasteiger partial charge in [0.15, 0.2) is 12.6 Å². The van der Waals surface area contributed by atoms with Crippen molar-refractivity contribution in [3.05, 3.63) is 215 Å². The lowest BCUT2D eigenvalue weighted by Crippen LogP contribution is -2.58. The van der Waals surface area contributed by atoms with Gasteiger partial charge in [0, 0.05) is 0 Å². The van der Waals surface area contributed by atoms with Gasteiger partial charge in [-0.05, 0) is 33.4 Å². The second-order valence-corrected chi connectivity index (χ2v) is 15.3. The van der Waals surface area contributed by atoms with Gasteiger partial charge in [0.1, 0.15) is 36.6 Å². The van der Waals surface area contributed by atoms with Crippen LogP contribution in [-0.4, -0.2) is 62.4 Å². The summed E-state index contributed by atoms with van der Waals surface area (Å²) in [5.74, 6) is 0. The Balaban J connectivity index is 1.10. The van der Waals surface area contributed by atoms with Gasteiger partial charge in [-0.25, -0.2) is 0 Å². The molecule has 8 atom stereocenters. The molecule has 0 radical (unpaired) electrons. The molecular formula is C52H54O9. The molecule has 2 saturated heterocycles. The lowest BCUT2D eigenvalue weighted by molar-refractivity contribution is -0.327. The molecule has 0 saturated carbocycles. The maximum absolute atomic E-state index is 7.22. The third-order valence-electron chi connectivity index (χ3n) is 10.8. The third kappa shape index (κ3) is 12.5. The van der Waals surface area contributed by atoms with Crippen molar-refractivity contribution in [1.29, 1.82) is 0 Å². The van der Waals surface area contributed by atoms with E-state index in [-0.39, 0.29) is 13.2 Å². The van der Waals surface area contributed by atoms with Crippen molar-refractivity contribution in [2.75, 3.05) is 13.2 Å². The Hall–Kier alpha value is -5.04. The van der Waals surface area contributed by atoms with Crippen molar-refractivity contribution in [3.63, 3.8) is 0 Å². The number of hydrogen-bond donors (Lipinski definition) is 0. The Morgan fingerprint density at radius 1 is 0.361 bits per heavy atom. The minimum atomic E-state index is -0.904. The first kappa shape index (κ1) is 42.6. The molecule has 6 aromatic carbocycles. The molecule has 0 aliphatic carbocycles. The van der Waals surface area contributed by atoms with Crippen LogP contribution in [0.3, 0.4) is 0 Å². The van der Waals surface area contributed by atoms with Crippen LogP contribution in [0.15, 0.2) is 182 Å². The normalized spacial score (nSPS) is 23.8. The number of benzene rings is 6. The summed E-state index contributed by atoms with van der Waals surface area (Å²) in [6.07, 6.45) is -5.44. The lowest BCUT2D eigenvalue weighted by atomic mass is 10.0. The first-order valence-corrected chi connectivity index (χ1v) is 21.1. The predicted molar refractivity (Wildman–Crippen MR) is 231 cm³/mol. The van der Waals surface area contributed by atoms with Gasteiger partial charge in [0.25, 0.3) is 0 Å². The first-order chi connectivity index (χ1) is 30.2. The van der Waals surface area contributed by atoms with Crippen molar-refractivity contribution in [2.24, 2.45) is 0 Å². The minimum absolute atomic E-state index is 0.196. The van der Waals surface area contributed by atoms with Crippen LogP contribution < -0.4 is 0 Å². The quantitative estimate of drug-likeness (QED) is 0.0706. The Morgan fingerprint density at radius 3 is 1.16 bits per heavy atom. The molecule has 0 bridgehead atoms. The second kappa shape index (κ2) is 22.7. The molecule has 0 N–H and O–H groups in total. The third-order valence-corrected chi connectivity index (χ3v) is 10.8. The van der Waals surface area contributed by atoms with Crippen LogP contribution in [0.1, 0.15) is 33.4 Å². The second-order valence-electron chi connectivity index (χ2n) is 15.3. The van der Waals surface area contributed by atoms with Crippen molar-refractivity contribution in [2.45, 2.75) is 88.8 Å². The van der Waals surface area contributed by atoms with E-state index in [4.69, 9.17) is 42.6 Å². The molecule has 61 heavy (non-hydrogen) atoms. The van der Waals surface area contributed by atoms with Gasteiger partial charge in [0.05, 0.1) is 52.9 Å². The summed E-state index contributed by atoms with van der Waals surface area (Å²) in [5.41, 5.74) is 6.15. The summed E-state index contributed by atoms with van der Waals surface area (Å²) >= 11 is 0. The average molecular weight is 823 g/mol. The topological polar surface area (TPSA) is 83.1 Å². The van der Waals surface area contributed by atoms with Gasteiger partial charge in [-0.3, -0.25) is 0 Å². The molecule has 0 unspecified atom stereocenters. The van der Waals surface area contributed by atoms with Gasteiger partial charge >= 0.3 is 0 Å². The maximum atomic E-state index is 7.22. The van der Waals surface area contributed by atoms with Gasteiger partial charge < -0.3 is 42.6 Å². The van der Waals surface area contributed by atoms with E-state index in [0.717, 1.165) is 33.4 Å². The summed E-state index contributed by atoms with van der Waals surface area (Å²) in [5, 5.41) is 0. The molecule has 2 heterocycles. The molecular weight excluding hydrogens is 769 g/mol. The molecule has 9 nitrogen and oxygen atoms in total. The van der Waals surface area contributed by atoms with Crippen LogP contribution in [0.4, 0.5) is 0 Å². The Kier molecular flexibility index (Phi) is 15.9. The van der Waals surface area contributed by atoms with Crippen molar-refractivity contribution < 1.29 is 42.6 Å². The van der Waals surface area contributed by atoms with Crippen molar-refractivity contribution >= 4 is 0 Å². The van der Waals surface area contributed by atoms with Gasteiger partial charge in [-0.15, -0.1) is 0 Å². The highest BCUT2D eigenvalue weighted by Crippen LogP contribution is 2.35. The van der Waals surface area contributed by atoms with Gasteiger partial charge in [-0.2, -0.15) is 0 Å². The van der Waals surface area contributed by atoms with E-state index in [1.54, 1.807) is 0 Å². The zero-order valence-corrected chi connectivity index (χ0v) is 34.3. The molecule has 9 heteroatoms. The van der Waals surface area contributed by atoms with E-state index in [0.29, 0.717) is 39.6 Å². The molecule has 2 aliphatic rings. The standard InChI is InChI=1S/C52H54O9/c1-7-19-39(20-8-1)31-53-37-46-47(55-33-41-23-11-3-12-24-41)49(56-34-42-25-13-4-14-26-42)52(60-46)61-48-45(54-32-40-21-9-2-10-22-40)38-59-51(58-36-44-29-17-6-18-30-44)50(48)57-35-43-27-15-5-16-28-43/h1-30,45-52H,31-38H2/t45-,46+,47+,48+,49-,50-,51-,52+/m1/s1. The highest BCUT2D eigenvalue weighted by Gasteiger charge is 2.52. The fourth-order valence-corrected chi connectivity index (χ4v) is 7.54. The fourth-order valence-electron chi connectivity index (χ4n) is 7.54. The van der Waals surface area contributed by atoms with Crippen molar-refractivity contribution in [1.82, 2.24) is 0 Å². The van der Waals surface area contributed by atoms with Crippen LogP contribution in [0, 0.1) is 0 Å². The lowest BCUT2D eigenvalue weighted by Gasteiger charge is -2.43. The Bertz CT molecular complexity index is 2090. The average Bonchev–Trinajstić information content (AvgIpc) is 3.65. The van der Waals surface area contributed by atoms with Crippen LogP contribution in [0.25, 0.3) is 0 Å². The minimum Gasteiger partial charge on any atom is -0.374 e. The van der Waals surface area contributed by atoms with Gasteiger partial charge in [-0.1, -0.05) is 182 Å². The highest BCUT2D eigenvalue weighted by molar-refractivity contribution is 5.18. The molecule has 0 amide bonds. The summed E-state index contributed by atoms with van der Waals surface area (Å²) in [7, 11) is 0. The first-order valence-electron chi connectivity index (χ1n) is 21.1. The van der Waals surface area contributed by atoms with E-state index in [1.165, 1.54) is 0 Å². The highest BCUT2D eigenvalue weighted by atomic mass is 16.8. The fraction of sp³-hybridized carbons (Fsp3) is 0.308. The molecule has 2 fully saturated rings. The Labute approximate surface area is 359 Å². The van der Waals surface area contributed by atoms with Crippen LogP contribution in [0.2, 0.25) is 0 Å². The summed E-state index contributed by atoms with van der Waals surface area (Å²) in [4.78, 5) is 0. The number of hydrogen-bond acceptors (Lipinski definition) is 9. The Morgan fingerprint density at radius 2 is 0.721 bits per heavy atom. The van der Waals surface area contributed by atoms with Crippen molar-refractivity contribution in [3.8, 4) is 0 Å².